The van der Waals surface area contributed by atoms with Crippen molar-refractivity contribution < 1.29 is 23.1 Å². The van der Waals surface area contributed by atoms with E-state index in [1.54, 1.807) is 0 Å². The van der Waals surface area contributed by atoms with Gasteiger partial charge in [0.25, 0.3) is 5.56 Å². The Labute approximate surface area is 104 Å². The van der Waals surface area contributed by atoms with Gasteiger partial charge in [0.15, 0.2) is 0 Å². The van der Waals surface area contributed by atoms with E-state index in [0.29, 0.717) is 4.57 Å². The van der Waals surface area contributed by atoms with E-state index < -0.39 is 24.2 Å². The van der Waals surface area contributed by atoms with E-state index in [1.807, 2.05) is 0 Å². The Hall–Kier alpha value is -2.31. The third-order valence-corrected chi connectivity index (χ3v) is 2.57. The van der Waals surface area contributed by atoms with E-state index >= 15 is 0 Å². The van der Waals surface area contributed by atoms with Gasteiger partial charge in [-0.3, -0.25) is 4.79 Å². The van der Waals surface area contributed by atoms with Crippen LogP contribution in [0.2, 0.25) is 0 Å². The van der Waals surface area contributed by atoms with E-state index in [2.05, 4.69) is 0 Å². The molecular weight excluding hydrogens is 263 g/mol. The number of aromatic nitrogens is 1. The molecule has 1 N–H and O–H groups in total. The first kappa shape index (κ1) is 13.1. The second-order valence-corrected chi connectivity index (χ2v) is 3.94. The normalized spacial score (nSPS) is 11.7. The van der Waals surface area contributed by atoms with Crippen LogP contribution in [0.25, 0.3) is 10.8 Å². The van der Waals surface area contributed by atoms with Crippen LogP contribution in [0.4, 0.5) is 13.2 Å². The summed E-state index contributed by atoms with van der Waals surface area (Å²) in [6, 6.07) is 5.67. The van der Waals surface area contributed by atoms with Crippen molar-refractivity contribution in [2.24, 2.45) is 0 Å². The van der Waals surface area contributed by atoms with Gasteiger partial charge < -0.3 is 9.67 Å². The van der Waals surface area contributed by atoms with Gasteiger partial charge in [-0.05, 0) is 6.07 Å². The molecule has 0 amide bonds. The van der Waals surface area contributed by atoms with E-state index in [0.717, 1.165) is 6.20 Å². The Morgan fingerprint density at radius 3 is 2.32 bits per heavy atom. The Morgan fingerprint density at radius 2 is 1.79 bits per heavy atom. The molecular formula is C12H8F3NO3. The largest absolute Gasteiger partial charge is 0.478 e. The maximum absolute atomic E-state index is 12.3. The van der Waals surface area contributed by atoms with Gasteiger partial charge in [0, 0.05) is 17.0 Å². The zero-order chi connectivity index (χ0) is 14.2. The minimum Gasteiger partial charge on any atom is -0.478 e. The smallest absolute Gasteiger partial charge is 0.406 e. The molecule has 1 aromatic carbocycles. The van der Waals surface area contributed by atoms with Crippen molar-refractivity contribution in [1.82, 2.24) is 4.57 Å². The van der Waals surface area contributed by atoms with E-state index in [-0.39, 0.29) is 16.3 Å². The first-order valence-electron chi connectivity index (χ1n) is 5.22. The van der Waals surface area contributed by atoms with Gasteiger partial charge >= 0.3 is 12.1 Å². The summed E-state index contributed by atoms with van der Waals surface area (Å²) in [7, 11) is 0. The molecule has 0 aliphatic heterocycles. The van der Waals surface area contributed by atoms with E-state index in [4.69, 9.17) is 5.11 Å². The lowest BCUT2D eigenvalue weighted by Gasteiger charge is -2.12. The van der Waals surface area contributed by atoms with Crippen LogP contribution in [0, 0.1) is 0 Å². The maximum atomic E-state index is 12.3. The number of alkyl halides is 3. The number of carboxylic acids is 1. The predicted molar refractivity (Wildman–Crippen MR) is 61.2 cm³/mol. The summed E-state index contributed by atoms with van der Waals surface area (Å²) in [5.74, 6) is -1.38. The Balaban J connectivity index is 2.77. The van der Waals surface area contributed by atoms with Gasteiger partial charge in [-0.1, -0.05) is 18.2 Å². The van der Waals surface area contributed by atoms with Crippen LogP contribution in [-0.2, 0) is 6.54 Å². The number of pyridine rings is 1. The molecule has 4 nitrogen and oxygen atoms in total. The van der Waals surface area contributed by atoms with Gasteiger partial charge in [-0.25, -0.2) is 4.79 Å². The molecule has 1 aromatic heterocycles. The average molecular weight is 271 g/mol. The Kier molecular flexibility index (Phi) is 3.05. The topological polar surface area (TPSA) is 59.3 Å². The molecule has 2 rings (SSSR count). The van der Waals surface area contributed by atoms with Crippen molar-refractivity contribution >= 4 is 16.7 Å². The number of hydrogen-bond donors (Lipinski definition) is 1. The number of aromatic carboxylic acids is 1. The second-order valence-electron chi connectivity index (χ2n) is 3.94. The van der Waals surface area contributed by atoms with Crippen molar-refractivity contribution in [2.75, 3.05) is 0 Å². The highest BCUT2D eigenvalue weighted by atomic mass is 19.4. The number of hydrogen-bond acceptors (Lipinski definition) is 2. The van der Waals surface area contributed by atoms with Crippen LogP contribution >= 0.6 is 0 Å². The summed E-state index contributed by atoms with van der Waals surface area (Å²) in [5, 5.41) is 9.07. The predicted octanol–water partition coefficient (Wildman–Crippen LogP) is 2.26. The summed E-state index contributed by atoms with van der Waals surface area (Å²) < 4.78 is 37.4. The van der Waals surface area contributed by atoms with Gasteiger partial charge in [0.1, 0.15) is 6.54 Å². The molecule has 0 aliphatic carbocycles. The zero-order valence-corrected chi connectivity index (χ0v) is 9.44. The summed E-state index contributed by atoms with van der Waals surface area (Å²) in [5.41, 5.74) is -1.20. The number of benzene rings is 1. The van der Waals surface area contributed by atoms with Crippen LogP contribution in [0.3, 0.4) is 0 Å². The van der Waals surface area contributed by atoms with Crippen LogP contribution in [0.1, 0.15) is 10.4 Å². The third kappa shape index (κ3) is 2.59. The molecule has 0 radical (unpaired) electrons. The van der Waals surface area contributed by atoms with Crippen molar-refractivity contribution in [3.8, 4) is 0 Å². The number of halogens is 3. The van der Waals surface area contributed by atoms with Gasteiger partial charge in [0.05, 0.1) is 5.56 Å². The second kappa shape index (κ2) is 4.42. The molecule has 0 atom stereocenters. The molecule has 0 saturated heterocycles. The summed E-state index contributed by atoms with van der Waals surface area (Å²) in [4.78, 5) is 22.9. The average Bonchev–Trinajstić information content (AvgIpc) is 2.31. The molecule has 100 valence electrons. The number of rotatable bonds is 2. The van der Waals surface area contributed by atoms with Crippen molar-refractivity contribution in [3.05, 3.63) is 46.4 Å². The van der Waals surface area contributed by atoms with Crippen LogP contribution in [0.15, 0.2) is 35.3 Å². The minimum absolute atomic E-state index is 0.0494. The molecule has 7 heteroatoms. The van der Waals surface area contributed by atoms with Gasteiger partial charge in [-0.2, -0.15) is 13.2 Å². The molecule has 2 aromatic rings. The van der Waals surface area contributed by atoms with Gasteiger partial charge in [0.2, 0.25) is 0 Å². The molecule has 0 fully saturated rings. The Morgan fingerprint density at radius 1 is 1.21 bits per heavy atom. The fourth-order valence-electron chi connectivity index (χ4n) is 1.82. The molecule has 0 bridgehead atoms. The Bertz CT molecular complexity index is 703. The monoisotopic (exact) mass is 271 g/mol. The van der Waals surface area contributed by atoms with Crippen LogP contribution < -0.4 is 5.56 Å². The van der Waals surface area contributed by atoms with Crippen molar-refractivity contribution in [1.29, 1.82) is 0 Å². The van der Waals surface area contributed by atoms with Crippen LogP contribution in [0.5, 0.6) is 0 Å². The van der Waals surface area contributed by atoms with Crippen molar-refractivity contribution in [2.45, 2.75) is 12.7 Å². The fourth-order valence-corrected chi connectivity index (χ4v) is 1.82. The highest BCUT2D eigenvalue weighted by Crippen LogP contribution is 2.20. The number of carboxylic acid groups (broad SMARTS) is 1. The molecule has 19 heavy (non-hydrogen) atoms. The third-order valence-electron chi connectivity index (χ3n) is 2.57. The molecule has 0 unspecified atom stereocenters. The molecule has 0 aliphatic rings. The molecule has 0 spiro atoms. The summed E-state index contributed by atoms with van der Waals surface area (Å²) in [6.45, 7) is -1.52. The van der Waals surface area contributed by atoms with Crippen molar-refractivity contribution in [3.63, 3.8) is 0 Å². The highest BCUT2D eigenvalue weighted by Gasteiger charge is 2.29. The molecule has 1 heterocycles. The molecule has 0 saturated carbocycles. The van der Waals surface area contributed by atoms with E-state index in [1.165, 1.54) is 24.3 Å². The summed E-state index contributed by atoms with van der Waals surface area (Å²) >= 11 is 0. The summed E-state index contributed by atoms with van der Waals surface area (Å²) in [6.07, 6.45) is -3.87. The van der Waals surface area contributed by atoms with E-state index in [9.17, 15) is 22.8 Å². The lowest BCUT2D eigenvalue weighted by atomic mass is 10.1. The lowest BCUT2D eigenvalue weighted by molar-refractivity contribution is -0.141. The van der Waals surface area contributed by atoms with Gasteiger partial charge in [-0.15, -0.1) is 0 Å². The quantitative estimate of drug-likeness (QED) is 0.911. The number of fused-ring (bicyclic) bond motifs is 1. The first-order valence-corrected chi connectivity index (χ1v) is 5.22. The standard InChI is InChI=1S/C12H8F3NO3/c13-12(14,15)6-16-5-9(11(18)19)7-3-1-2-4-8(7)10(16)17/h1-5H,6H2,(H,18,19). The first-order chi connectivity index (χ1) is 8.79. The highest BCUT2D eigenvalue weighted by molar-refractivity contribution is 6.02. The van der Waals surface area contributed by atoms with Crippen LogP contribution in [-0.4, -0.2) is 21.8 Å². The SMILES string of the molecule is O=C(O)c1cn(CC(F)(F)F)c(=O)c2ccccc12. The lowest BCUT2D eigenvalue weighted by Crippen LogP contribution is -2.29. The number of carbonyl (C=O) groups is 1. The zero-order valence-electron chi connectivity index (χ0n) is 9.44. The maximum Gasteiger partial charge on any atom is 0.406 e. The minimum atomic E-state index is -4.60. The number of nitrogens with zero attached hydrogens (tertiary/aromatic N) is 1. The fraction of sp³-hybridized carbons (Fsp3) is 0.167.